The topological polar surface area (TPSA) is 62.8 Å². The molecule has 176 valence electrons. The monoisotopic (exact) mass is 458 g/mol. The normalized spacial score (nSPS) is 13.1. The van der Waals surface area contributed by atoms with Gasteiger partial charge in [0.05, 0.1) is 23.6 Å². The molecule has 0 radical (unpaired) electrons. The maximum atomic E-state index is 13.6. The van der Waals surface area contributed by atoms with Crippen molar-refractivity contribution in [1.29, 1.82) is 5.41 Å². The number of aryl methyl sites for hydroxylation is 2. The predicted molar refractivity (Wildman–Crippen MR) is 134 cm³/mol. The van der Waals surface area contributed by atoms with Crippen LogP contribution in [0.25, 0.3) is 11.0 Å². The lowest BCUT2D eigenvalue weighted by molar-refractivity contribution is -0.125. The second-order valence-corrected chi connectivity index (χ2v) is 8.96. The van der Waals surface area contributed by atoms with Crippen LogP contribution in [0.4, 0.5) is 4.39 Å². The summed E-state index contributed by atoms with van der Waals surface area (Å²) in [6, 6.07) is 24.3. The van der Waals surface area contributed by atoms with Gasteiger partial charge in [-0.25, -0.2) is 4.39 Å². The highest BCUT2D eigenvalue weighted by Crippen LogP contribution is 2.22. The molecule has 2 N–H and O–H groups in total. The summed E-state index contributed by atoms with van der Waals surface area (Å²) in [5, 5.41) is 11.8. The summed E-state index contributed by atoms with van der Waals surface area (Å²) in [7, 11) is 0. The number of alkyl halides is 1. The van der Waals surface area contributed by atoms with Gasteiger partial charge in [0.2, 0.25) is 5.62 Å². The third-order valence-electron chi connectivity index (χ3n) is 6.21. The van der Waals surface area contributed by atoms with Gasteiger partial charge in [0.25, 0.3) is 5.91 Å². The van der Waals surface area contributed by atoms with Crippen LogP contribution in [0, 0.1) is 19.3 Å². The van der Waals surface area contributed by atoms with Crippen LogP contribution in [0.15, 0.2) is 72.8 Å². The van der Waals surface area contributed by atoms with Gasteiger partial charge in [-0.3, -0.25) is 10.2 Å². The lowest BCUT2D eigenvalue weighted by Crippen LogP contribution is -2.39. The number of hydrogen-bond donors (Lipinski definition) is 2. The van der Waals surface area contributed by atoms with Crippen LogP contribution in [0.3, 0.4) is 0 Å². The summed E-state index contributed by atoms with van der Waals surface area (Å²) in [6.45, 7) is 6.13. The minimum Gasteiger partial charge on any atom is -0.351 e. The van der Waals surface area contributed by atoms with Crippen LogP contribution in [-0.2, 0) is 17.8 Å². The molecule has 1 unspecified atom stereocenters. The fourth-order valence-corrected chi connectivity index (χ4v) is 4.27. The number of halogens is 1. The van der Waals surface area contributed by atoms with E-state index >= 15 is 0 Å². The Bertz CT molecular complexity index is 1330. The van der Waals surface area contributed by atoms with Gasteiger partial charge in [0, 0.05) is 6.54 Å². The number of imidazole rings is 1. The van der Waals surface area contributed by atoms with E-state index in [0.29, 0.717) is 18.6 Å². The van der Waals surface area contributed by atoms with Gasteiger partial charge in [-0.05, 0) is 50.5 Å². The van der Waals surface area contributed by atoms with E-state index in [9.17, 15) is 9.18 Å². The highest BCUT2D eigenvalue weighted by molar-refractivity contribution is 5.80. The smallest absolute Gasteiger partial charge is 0.254 e. The van der Waals surface area contributed by atoms with Crippen molar-refractivity contribution in [2.45, 2.75) is 46.0 Å². The fourth-order valence-electron chi connectivity index (χ4n) is 4.27. The second-order valence-electron chi connectivity index (χ2n) is 8.96. The third-order valence-corrected chi connectivity index (χ3v) is 6.21. The molecule has 0 aliphatic heterocycles. The van der Waals surface area contributed by atoms with E-state index in [2.05, 4.69) is 60.8 Å². The Labute approximate surface area is 199 Å². The average molecular weight is 459 g/mol. The van der Waals surface area contributed by atoms with Crippen LogP contribution in [-0.4, -0.2) is 27.8 Å². The van der Waals surface area contributed by atoms with Crippen molar-refractivity contribution in [2.75, 3.05) is 6.54 Å². The Morgan fingerprint density at radius 2 is 1.47 bits per heavy atom. The number of amides is 1. The molecule has 1 heterocycles. The molecule has 5 nitrogen and oxygen atoms in total. The van der Waals surface area contributed by atoms with Gasteiger partial charge >= 0.3 is 0 Å². The molecule has 4 rings (SSSR count). The second kappa shape index (κ2) is 10.1. The van der Waals surface area contributed by atoms with Crippen LogP contribution in [0.5, 0.6) is 0 Å². The van der Waals surface area contributed by atoms with Crippen molar-refractivity contribution in [3.05, 3.63) is 101 Å². The summed E-state index contributed by atoms with van der Waals surface area (Å²) < 4.78 is 17.5. The predicted octanol–water partition coefficient (Wildman–Crippen LogP) is 4.85. The summed E-state index contributed by atoms with van der Waals surface area (Å²) >= 11 is 0. The Kier molecular flexibility index (Phi) is 6.96. The molecule has 34 heavy (non-hydrogen) atoms. The summed E-state index contributed by atoms with van der Waals surface area (Å²) in [5.74, 6) is -0.635. The first kappa shape index (κ1) is 23.5. The Morgan fingerprint density at radius 3 is 2.06 bits per heavy atom. The molecular formula is C28H31FN4O. The number of para-hydroxylation sites is 2. The SMILES string of the molecule is Cc1ccc(C[C@@H](CNC(=O)C(C)F)n2c(=N)n(Cc3ccc(C)cc3)c3ccccc32)cc1. The number of nitrogens with one attached hydrogen (secondary N) is 2. The van der Waals surface area contributed by atoms with Gasteiger partial charge in [-0.2, -0.15) is 0 Å². The quantitative estimate of drug-likeness (QED) is 0.390. The van der Waals surface area contributed by atoms with Crippen molar-refractivity contribution in [3.63, 3.8) is 0 Å². The van der Waals surface area contributed by atoms with E-state index < -0.39 is 12.1 Å². The van der Waals surface area contributed by atoms with Crippen molar-refractivity contribution >= 4 is 16.9 Å². The van der Waals surface area contributed by atoms with E-state index in [1.54, 1.807) is 0 Å². The molecule has 0 spiro atoms. The number of carbonyl (C=O) groups is 1. The van der Waals surface area contributed by atoms with Gasteiger partial charge in [0.1, 0.15) is 0 Å². The zero-order chi connectivity index (χ0) is 24.2. The molecule has 0 saturated heterocycles. The van der Waals surface area contributed by atoms with Crippen LogP contribution >= 0.6 is 0 Å². The first-order valence-electron chi connectivity index (χ1n) is 11.6. The number of fused-ring (bicyclic) bond motifs is 1. The molecule has 6 heteroatoms. The Balaban J connectivity index is 1.77. The molecular weight excluding hydrogens is 427 g/mol. The highest BCUT2D eigenvalue weighted by Gasteiger charge is 2.21. The standard InChI is InChI=1S/C28H31FN4O/c1-19-8-12-22(13-9-19)16-24(17-31-27(34)21(3)29)33-26-7-5-4-6-25(26)32(28(33)30)18-23-14-10-20(2)11-15-23/h4-15,21,24,30H,16-18H2,1-3H3,(H,31,34)/t21?,24-/m0/s1. The minimum atomic E-state index is -1.58. The van der Waals surface area contributed by atoms with Gasteiger partial charge in [-0.1, -0.05) is 71.8 Å². The molecule has 1 amide bonds. The van der Waals surface area contributed by atoms with Crippen LogP contribution in [0.2, 0.25) is 0 Å². The summed E-state index contributed by atoms with van der Waals surface area (Å²) in [5.41, 5.74) is 6.79. The largest absolute Gasteiger partial charge is 0.351 e. The maximum absolute atomic E-state index is 13.6. The fraction of sp³-hybridized carbons (Fsp3) is 0.286. The first-order valence-corrected chi connectivity index (χ1v) is 11.6. The molecule has 2 atom stereocenters. The molecule has 0 aliphatic carbocycles. The van der Waals surface area contributed by atoms with Crippen LogP contribution < -0.4 is 10.9 Å². The van der Waals surface area contributed by atoms with E-state index in [1.165, 1.54) is 18.1 Å². The Morgan fingerprint density at radius 1 is 0.912 bits per heavy atom. The average Bonchev–Trinajstić information content (AvgIpc) is 3.10. The van der Waals surface area contributed by atoms with Gasteiger partial charge in [0.15, 0.2) is 6.17 Å². The number of carbonyl (C=O) groups excluding carboxylic acids is 1. The number of benzene rings is 3. The lowest BCUT2D eigenvalue weighted by Gasteiger charge is -2.21. The molecule has 1 aromatic heterocycles. The molecule has 3 aromatic carbocycles. The Hall–Kier alpha value is -3.67. The van der Waals surface area contributed by atoms with Gasteiger partial charge < -0.3 is 14.5 Å². The zero-order valence-electron chi connectivity index (χ0n) is 19.9. The van der Waals surface area contributed by atoms with E-state index in [0.717, 1.165) is 22.2 Å². The molecule has 0 fully saturated rings. The molecule has 0 saturated carbocycles. The van der Waals surface area contributed by atoms with Crippen molar-refractivity contribution in [2.24, 2.45) is 0 Å². The van der Waals surface area contributed by atoms with Crippen LogP contribution in [0.1, 0.15) is 35.2 Å². The minimum absolute atomic E-state index is 0.232. The number of aromatic nitrogens is 2. The zero-order valence-corrected chi connectivity index (χ0v) is 19.9. The lowest BCUT2D eigenvalue weighted by atomic mass is 10.0. The van der Waals surface area contributed by atoms with E-state index in [-0.39, 0.29) is 12.6 Å². The summed E-state index contributed by atoms with van der Waals surface area (Å²) in [6.07, 6.45) is -0.973. The maximum Gasteiger partial charge on any atom is 0.254 e. The van der Waals surface area contributed by atoms with Crippen molar-refractivity contribution < 1.29 is 9.18 Å². The van der Waals surface area contributed by atoms with Gasteiger partial charge in [-0.15, -0.1) is 0 Å². The molecule has 4 aromatic rings. The van der Waals surface area contributed by atoms with Crippen molar-refractivity contribution in [3.8, 4) is 0 Å². The highest BCUT2D eigenvalue weighted by atomic mass is 19.1. The number of nitrogens with zero attached hydrogens (tertiary/aromatic N) is 2. The third kappa shape index (κ3) is 5.11. The first-order chi connectivity index (χ1) is 16.3. The molecule has 0 aliphatic rings. The van der Waals surface area contributed by atoms with Crippen molar-refractivity contribution in [1.82, 2.24) is 14.5 Å². The molecule has 0 bridgehead atoms. The van der Waals surface area contributed by atoms with E-state index in [1.807, 2.05) is 40.3 Å². The van der Waals surface area contributed by atoms with E-state index in [4.69, 9.17) is 5.41 Å². The number of hydrogen-bond acceptors (Lipinski definition) is 2. The number of rotatable bonds is 8. The summed E-state index contributed by atoms with van der Waals surface area (Å²) in [4.78, 5) is 12.1.